The van der Waals surface area contributed by atoms with Crippen LogP contribution in [0.25, 0.3) is 0 Å². The van der Waals surface area contributed by atoms with Crippen LogP contribution in [0.2, 0.25) is 10.0 Å². The molecule has 0 radical (unpaired) electrons. The van der Waals surface area contributed by atoms with E-state index in [4.69, 9.17) is 33.0 Å². The first-order valence-corrected chi connectivity index (χ1v) is 11.9. The first-order valence-electron chi connectivity index (χ1n) is 9.62. The second-order valence-corrected chi connectivity index (χ2v) is 10.2. The molecule has 0 aliphatic carbocycles. The third-order valence-corrected chi connectivity index (χ3v) is 5.61. The third-order valence-electron chi connectivity index (χ3n) is 3.87. The van der Waals surface area contributed by atoms with E-state index in [-0.39, 0.29) is 12.2 Å². The molecule has 2 rings (SSSR count). The number of rotatable bonds is 10. The number of Topliss-reactive ketones (excluding diaryl/α,β-unsaturated/α-hetero) is 1. The van der Waals surface area contributed by atoms with Crippen LogP contribution in [0.5, 0.6) is 0 Å². The predicted octanol–water partition coefficient (Wildman–Crippen LogP) is 1.34. The number of carboxylic acids is 1. The van der Waals surface area contributed by atoms with E-state index in [1.165, 1.54) is 20.8 Å². The number of ether oxygens (including phenoxy) is 1. The van der Waals surface area contributed by atoms with Crippen molar-refractivity contribution in [2.45, 2.75) is 51.8 Å². The molecule has 0 saturated heterocycles. The van der Waals surface area contributed by atoms with Crippen LogP contribution in [0, 0.1) is 0 Å². The van der Waals surface area contributed by atoms with Gasteiger partial charge in [-0.2, -0.15) is 17.9 Å². The topological polar surface area (TPSA) is 182 Å². The average molecular weight is 537 g/mol. The number of carboxylic acid groups (broad SMARTS) is 1. The van der Waals surface area contributed by atoms with Gasteiger partial charge < -0.3 is 9.84 Å². The lowest BCUT2D eigenvalue weighted by atomic mass is 10.1. The van der Waals surface area contributed by atoms with Crippen LogP contribution >= 0.6 is 23.2 Å². The van der Waals surface area contributed by atoms with Gasteiger partial charge in [-0.05, 0) is 43.7 Å². The van der Waals surface area contributed by atoms with E-state index in [0.717, 1.165) is 4.80 Å². The van der Waals surface area contributed by atoms with Crippen molar-refractivity contribution in [1.82, 2.24) is 29.7 Å². The maximum Gasteiger partial charge on any atom is 0.422 e. The van der Waals surface area contributed by atoms with Crippen molar-refractivity contribution in [2.24, 2.45) is 0 Å². The van der Waals surface area contributed by atoms with Gasteiger partial charge in [-0.15, -0.1) is 10.2 Å². The summed E-state index contributed by atoms with van der Waals surface area (Å²) in [5, 5.41) is 21.4. The zero-order chi connectivity index (χ0) is 25.7. The van der Waals surface area contributed by atoms with Crippen molar-refractivity contribution in [1.29, 1.82) is 0 Å². The van der Waals surface area contributed by atoms with Crippen LogP contribution < -0.4 is 9.44 Å². The second kappa shape index (κ2) is 11.1. The number of hydrogen-bond donors (Lipinski definition) is 3. The van der Waals surface area contributed by atoms with Gasteiger partial charge in [-0.3, -0.25) is 9.59 Å². The molecule has 0 bridgehead atoms. The Labute approximate surface area is 204 Å². The first kappa shape index (κ1) is 27.4. The van der Waals surface area contributed by atoms with E-state index >= 15 is 0 Å². The summed E-state index contributed by atoms with van der Waals surface area (Å²) in [6.07, 6.45) is -2.09. The number of tetrazole rings is 1. The third kappa shape index (κ3) is 8.85. The molecule has 1 aromatic heterocycles. The summed E-state index contributed by atoms with van der Waals surface area (Å²) >= 11 is 12.2. The highest BCUT2D eigenvalue weighted by atomic mass is 35.5. The summed E-state index contributed by atoms with van der Waals surface area (Å²) < 4.78 is 32.6. The van der Waals surface area contributed by atoms with Crippen molar-refractivity contribution in [3.63, 3.8) is 0 Å². The Balaban J connectivity index is 2.10. The summed E-state index contributed by atoms with van der Waals surface area (Å²) in [4.78, 5) is 36.4. The fourth-order valence-electron chi connectivity index (χ4n) is 2.54. The van der Waals surface area contributed by atoms with Crippen LogP contribution in [-0.4, -0.2) is 63.2 Å². The van der Waals surface area contributed by atoms with E-state index in [0.29, 0.717) is 15.6 Å². The predicted molar refractivity (Wildman–Crippen MR) is 120 cm³/mol. The Hall–Kier alpha value is -2.81. The molecule has 0 aliphatic heterocycles. The second-order valence-electron chi connectivity index (χ2n) is 7.96. The van der Waals surface area contributed by atoms with Crippen LogP contribution in [0.4, 0.5) is 4.79 Å². The van der Waals surface area contributed by atoms with Crippen molar-refractivity contribution >= 4 is 51.3 Å². The van der Waals surface area contributed by atoms with Crippen LogP contribution in [0.15, 0.2) is 18.2 Å². The standard InChI is InChI=1S/C18H22Cl2N6O7S/c1-18(2,3)33-17(30)24-34(31,32)23-13(8-16(28)29)14(27)9-26-22-15(21-25-26)7-10-11(19)5-4-6-12(10)20/h4-6,13,23H,7-9H2,1-3H3,(H,24,30)(H,28,29). The van der Waals surface area contributed by atoms with Crippen LogP contribution in [0.3, 0.4) is 0 Å². The van der Waals surface area contributed by atoms with Gasteiger partial charge >= 0.3 is 22.3 Å². The van der Waals surface area contributed by atoms with Gasteiger partial charge in [-0.25, -0.2) is 9.52 Å². The Morgan fingerprint density at radius 1 is 1.21 bits per heavy atom. The van der Waals surface area contributed by atoms with Gasteiger partial charge in [0.2, 0.25) is 0 Å². The van der Waals surface area contributed by atoms with Gasteiger partial charge in [0.1, 0.15) is 12.1 Å². The molecular weight excluding hydrogens is 515 g/mol. The van der Waals surface area contributed by atoms with Gasteiger partial charge in [0.25, 0.3) is 0 Å². The summed E-state index contributed by atoms with van der Waals surface area (Å²) in [7, 11) is -4.63. The molecule has 1 atom stereocenters. The molecule has 1 amide bonds. The molecule has 1 aromatic carbocycles. The normalized spacial score (nSPS) is 12.7. The maximum atomic E-state index is 12.6. The van der Waals surface area contributed by atoms with E-state index in [2.05, 4.69) is 15.4 Å². The molecule has 0 spiro atoms. The van der Waals surface area contributed by atoms with Crippen molar-refractivity contribution in [2.75, 3.05) is 0 Å². The van der Waals surface area contributed by atoms with Gasteiger partial charge in [0, 0.05) is 16.5 Å². The monoisotopic (exact) mass is 536 g/mol. The van der Waals surface area contributed by atoms with E-state index in [1.807, 2.05) is 4.72 Å². The van der Waals surface area contributed by atoms with E-state index < -0.39 is 52.7 Å². The number of nitrogens with zero attached hydrogens (tertiary/aromatic N) is 4. The minimum absolute atomic E-state index is 0.109. The molecular formula is C18H22Cl2N6O7S. The number of carbonyl (C=O) groups excluding carboxylic acids is 2. The summed E-state index contributed by atoms with van der Waals surface area (Å²) in [6, 6.07) is 3.19. The average Bonchev–Trinajstić information content (AvgIpc) is 3.08. The zero-order valence-corrected chi connectivity index (χ0v) is 20.6. The molecule has 1 unspecified atom stereocenters. The molecule has 0 fully saturated rings. The highest BCUT2D eigenvalue weighted by Gasteiger charge is 2.30. The molecule has 1 heterocycles. The molecule has 0 aliphatic rings. The highest BCUT2D eigenvalue weighted by Crippen LogP contribution is 2.25. The number of amides is 1. The number of nitrogens with one attached hydrogen (secondary N) is 2. The fourth-order valence-corrected chi connectivity index (χ4v) is 3.98. The largest absolute Gasteiger partial charge is 0.481 e. The van der Waals surface area contributed by atoms with Crippen LogP contribution in [-0.2, 0) is 37.5 Å². The molecule has 16 heteroatoms. The smallest absolute Gasteiger partial charge is 0.422 e. The Bertz CT molecular complexity index is 1160. The van der Waals surface area contributed by atoms with Gasteiger partial charge in [0.15, 0.2) is 11.6 Å². The number of halogens is 2. The lowest BCUT2D eigenvalue weighted by Gasteiger charge is -2.20. The first-order chi connectivity index (χ1) is 15.6. The van der Waals surface area contributed by atoms with Crippen LogP contribution in [0.1, 0.15) is 38.6 Å². The minimum Gasteiger partial charge on any atom is -0.481 e. The number of carbonyl (C=O) groups is 3. The molecule has 186 valence electrons. The lowest BCUT2D eigenvalue weighted by molar-refractivity contribution is -0.139. The molecule has 13 nitrogen and oxygen atoms in total. The van der Waals surface area contributed by atoms with Gasteiger partial charge in [0.05, 0.1) is 12.5 Å². The maximum absolute atomic E-state index is 12.6. The quantitative estimate of drug-likeness (QED) is 0.400. The van der Waals surface area contributed by atoms with Gasteiger partial charge in [-0.1, -0.05) is 29.3 Å². The number of hydrogen-bond acceptors (Lipinski definition) is 9. The number of aromatic nitrogens is 4. The summed E-state index contributed by atoms with van der Waals surface area (Å²) in [5.41, 5.74) is -0.443. The van der Waals surface area contributed by atoms with E-state index in [9.17, 15) is 22.8 Å². The Morgan fingerprint density at radius 2 is 1.82 bits per heavy atom. The van der Waals surface area contributed by atoms with Crippen molar-refractivity contribution < 1.29 is 32.6 Å². The number of aliphatic carboxylic acids is 1. The molecule has 3 N–H and O–H groups in total. The molecule has 2 aromatic rings. The fraction of sp³-hybridized carbons (Fsp3) is 0.444. The molecule has 34 heavy (non-hydrogen) atoms. The Kier molecular flexibility index (Phi) is 8.94. The van der Waals surface area contributed by atoms with E-state index in [1.54, 1.807) is 22.9 Å². The lowest BCUT2D eigenvalue weighted by Crippen LogP contribution is -2.50. The number of ketones is 1. The van der Waals surface area contributed by atoms with Crippen molar-refractivity contribution in [3.8, 4) is 0 Å². The minimum atomic E-state index is -4.63. The van der Waals surface area contributed by atoms with Crippen molar-refractivity contribution in [3.05, 3.63) is 39.6 Å². The Morgan fingerprint density at radius 3 is 2.38 bits per heavy atom. The zero-order valence-electron chi connectivity index (χ0n) is 18.3. The number of benzene rings is 1. The molecule has 0 saturated carbocycles. The summed E-state index contributed by atoms with van der Waals surface area (Å²) in [6.45, 7) is 3.95. The summed E-state index contributed by atoms with van der Waals surface area (Å²) in [5.74, 6) is -2.18. The SMILES string of the molecule is CC(C)(C)OC(=O)NS(=O)(=O)NC(CC(=O)O)C(=O)Cn1nnc(Cc2c(Cl)cccc2Cl)n1. The highest BCUT2D eigenvalue weighted by molar-refractivity contribution is 7.88.